The molecule has 48 valence electrons. The number of aromatic nitrogens is 2. The van der Waals surface area contributed by atoms with Gasteiger partial charge in [0.2, 0.25) is 0 Å². The summed E-state index contributed by atoms with van der Waals surface area (Å²) in [6, 6.07) is 0. The summed E-state index contributed by atoms with van der Waals surface area (Å²) in [5.74, 6) is 0. The Labute approximate surface area is 53.9 Å². The van der Waals surface area contributed by atoms with Gasteiger partial charge in [-0.25, -0.2) is 9.97 Å². The van der Waals surface area contributed by atoms with E-state index in [2.05, 4.69) is 9.97 Å². The van der Waals surface area contributed by atoms with Crippen LogP contribution in [0.25, 0.3) is 0 Å². The van der Waals surface area contributed by atoms with E-state index in [1.54, 1.807) is 6.20 Å². The van der Waals surface area contributed by atoms with Crippen LogP contribution in [0.15, 0.2) is 12.5 Å². The quantitative estimate of drug-likeness (QED) is 0.582. The summed E-state index contributed by atoms with van der Waals surface area (Å²) in [7, 11) is 0. The van der Waals surface area contributed by atoms with Crippen molar-refractivity contribution < 1.29 is 0 Å². The monoisotopic (exact) mass is 123 g/mol. The third kappa shape index (κ3) is 1.23. The average molecular weight is 123 g/mol. The third-order valence-electron chi connectivity index (χ3n) is 1.23. The second-order valence-electron chi connectivity index (χ2n) is 1.84. The van der Waals surface area contributed by atoms with Gasteiger partial charge >= 0.3 is 0 Å². The van der Waals surface area contributed by atoms with E-state index in [1.165, 1.54) is 6.33 Å². The summed E-state index contributed by atoms with van der Waals surface area (Å²) in [6.45, 7) is 2.44. The Balaban J connectivity index is 3.01. The molecule has 0 aliphatic heterocycles. The highest BCUT2D eigenvalue weighted by atomic mass is 14.8. The molecule has 0 bridgehead atoms. The van der Waals surface area contributed by atoms with E-state index in [9.17, 15) is 0 Å². The topological polar surface area (TPSA) is 51.8 Å². The van der Waals surface area contributed by atoms with Crippen molar-refractivity contribution in [2.45, 2.75) is 13.5 Å². The molecule has 3 heteroatoms. The lowest BCUT2D eigenvalue weighted by atomic mass is 10.2. The molecule has 2 N–H and O–H groups in total. The van der Waals surface area contributed by atoms with Crippen LogP contribution in [0.3, 0.4) is 0 Å². The Kier molecular flexibility index (Phi) is 1.75. The molecule has 0 amide bonds. The fourth-order valence-corrected chi connectivity index (χ4v) is 0.620. The Morgan fingerprint density at radius 3 is 2.89 bits per heavy atom. The fourth-order valence-electron chi connectivity index (χ4n) is 0.620. The van der Waals surface area contributed by atoms with Crippen molar-refractivity contribution in [3.05, 3.63) is 23.8 Å². The Hall–Kier alpha value is -0.960. The molecule has 3 nitrogen and oxygen atoms in total. The van der Waals surface area contributed by atoms with Crippen molar-refractivity contribution in [3.63, 3.8) is 0 Å². The van der Waals surface area contributed by atoms with Crippen LogP contribution < -0.4 is 5.73 Å². The predicted molar refractivity (Wildman–Crippen MR) is 34.7 cm³/mol. The minimum absolute atomic E-state index is 0.521. The van der Waals surface area contributed by atoms with Crippen molar-refractivity contribution in [1.82, 2.24) is 9.97 Å². The Morgan fingerprint density at radius 1 is 1.67 bits per heavy atom. The molecule has 0 unspecified atom stereocenters. The van der Waals surface area contributed by atoms with Crippen molar-refractivity contribution >= 4 is 0 Å². The molecule has 1 rings (SSSR count). The average Bonchev–Trinajstić information content (AvgIpc) is 1.89. The molecule has 0 aliphatic rings. The van der Waals surface area contributed by atoms with Crippen LogP contribution in [0.5, 0.6) is 0 Å². The van der Waals surface area contributed by atoms with Gasteiger partial charge in [-0.1, -0.05) is 0 Å². The lowest BCUT2D eigenvalue weighted by molar-refractivity contribution is 0.967. The van der Waals surface area contributed by atoms with Gasteiger partial charge in [0.05, 0.1) is 0 Å². The first kappa shape index (κ1) is 6.16. The second-order valence-corrected chi connectivity index (χ2v) is 1.84. The van der Waals surface area contributed by atoms with Gasteiger partial charge in [-0.3, -0.25) is 0 Å². The molecule has 1 aromatic rings. The molecule has 0 saturated carbocycles. The van der Waals surface area contributed by atoms with E-state index in [0.29, 0.717) is 6.54 Å². The van der Waals surface area contributed by atoms with Crippen LogP contribution in [0.1, 0.15) is 11.3 Å². The summed E-state index contributed by atoms with van der Waals surface area (Å²) >= 11 is 0. The first-order chi connectivity index (χ1) is 4.34. The second kappa shape index (κ2) is 2.55. The largest absolute Gasteiger partial charge is 0.326 e. The molecule has 1 aromatic heterocycles. The molecule has 9 heavy (non-hydrogen) atoms. The van der Waals surface area contributed by atoms with E-state index in [1.807, 2.05) is 6.92 Å². The van der Waals surface area contributed by atoms with Gasteiger partial charge in [-0.2, -0.15) is 0 Å². The lowest BCUT2D eigenvalue weighted by Crippen LogP contribution is -2.00. The molecular formula is C6H9N3. The van der Waals surface area contributed by atoms with Gasteiger partial charge in [0.25, 0.3) is 0 Å². The van der Waals surface area contributed by atoms with Gasteiger partial charge in [-0.15, -0.1) is 0 Å². The van der Waals surface area contributed by atoms with Crippen LogP contribution in [0.2, 0.25) is 0 Å². The molecule has 0 spiro atoms. The molecule has 0 aliphatic carbocycles. The molecule has 0 radical (unpaired) electrons. The maximum absolute atomic E-state index is 5.37. The minimum Gasteiger partial charge on any atom is -0.326 e. The van der Waals surface area contributed by atoms with Crippen LogP contribution in [-0.4, -0.2) is 9.97 Å². The predicted octanol–water partition coefficient (Wildman–Crippen LogP) is 0.244. The molecular weight excluding hydrogens is 114 g/mol. The Bertz CT molecular complexity index is 197. The Morgan fingerprint density at radius 2 is 2.44 bits per heavy atom. The highest BCUT2D eigenvalue weighted by Crippen LogP contribution is 1.97. The van der Waals surface area contributed by atoms with Gasteiger partial charge < -0.3 is 5.73 Å². The zero-order chi connectivity index (χ0) is 6.69. The first-order valence-electron chi connectivity index (χ1n) is 2.80. The normalized spacial score (nSPS) is 9.56. The summed E-state index contributed by atoms with van der Waals surface area (Å²) < 4.78 is 0. The van der Waals surface area contributed by atoms with Crippen LogP contribution in [0, 0.1) is 6.92 Å². The maximum atomic E-state index is 5.37. The van der Waals surface area contributed by atoms with Crippen molar-refractivity contribution in [2.75, 3.05) is 0 Å². The number of rotatable bonds is 1. The van der Waals surface area contributed by atoms with Gasteiger partial charge in [0.15, 0.2) is 0 Å². The van der Waals surface area contributed by atoms with Crippen molar-refractivity contribution in [3.8, 4) is 0 Å². The highest BCUT2D eigenvalue weighted by Gasteiger charge is 1.92. The summed E-state index contributed by atoms with van der Waals surface area (Å²) in [4.78, 5) is 7.78. The number of nitrogens with zero attached hydrogens (tertiary/aromatic N) is 2. The van der Waals surface area contributed by atoms with Crippen LogP contribution in [-0.2, 0) is 6.54 Å². The van der Waals surface area contributed by atoms with E-state index in [0.717, 1.165) is 11.3 Å². The summed E-state index contributed by atoms with van der Waals surface area (Å²) in [5.41, 5.74) is 7.35. The minimum atomic E-state index is 0.521. The fraction of sp³-hybridized carbons (Fsp3) is 0.333. The van der Waals surface area contributed by atoms with E-state index in [-0.39, 0.29) is 0 Å². The van der Waals surface area contributed by atoms with Gasteiger partial charge in [-0.05, 0) is 6.92 Å². The number of nitrogens with two attached hydrogens (primary N) is 1. The standard InChI is InChI=1S/C6H9N3/c1-5-6(2-7)3-8-4-9-5/h3-4H,2,7H2,1H3. The lowest BCUT2D eigenvalue weighted by Gasteiger charge is -1.96. The van der Waals surface area contributed by atoms with Crippen molar-refractivity contribution in [1.29, 1.82) is 0 Å². The van der Waals surface area contributed by atoms with E-state index < -0.39 is 0 Å². The number of aryl methyl sites for hydroxylation is 1. The van der Waals surface area contributed by atoms with Crippen LogP contribution in [0.4, 0.5) is 0 Å². The van der Waals surface area contributed by atoms with Crippen LogP contribution >= 0.6 is 0 Å². The zero-order valence-electron chi connectivity index (χ0n) is 5.33. The summed E-state index contributed by atoms with van der Waals surface area (Å²) in [6.07, 6.45) is 3.26. The SMILES string of the molecule is Cc1ncncc1CN. The molecule has 0 aromatic carbocycles. The summed E-state index contributed by atoms with van der Waals surface area (Å²) in [5, 5.41) is 0. The third-order valence-corrected chi connectivity index (χ3v) is 1.23. The smallest absolute Gasteiger partial charge is 0.115 e. The highest BCUT2D eigenvalue weighted by molar-refractivity contribution is 5.12. The first-order valence-corrected chi connectivity index (χ1v) is 2.80. The molecule has 1 heterocycles. The zero-order valence-corrected chi connectivity index (χ0v) is 5.33. The molecule has 0 saturated heterocycles. The van der Waals surface area contributed by atoms with Crippen molar-refractivity contribution in [2.24, 2.45) is 5.73 Å². The molecule has 0 atom stereocenters. The molecule has 0 fully saturated rings. The van der Waals surface area contributed by atoms with E-state index >= 15 is 0 Å². The van der Waals surface area contributed by atoms with Gasteiger partial charge in [0.1, 0.15) is 6.33 Å². The number of hydrogen-bond donors (Lipinski definition) is 1. The van der Waals surface area contributed by atoms with E-state index in [4.69, 9.17) is 5.73 Å². The maximum Gasteiger partial charge on any atom is 0.115 e. The van der Waals surface area contributed by atoms with Gasteiger partial charge in [0, 0.05) is 24.0 Å². The number of hydrogen-bond acceptors (Lipinski definition) is 3.